The van der Waals surface area contributed by atoms with Crippen LogP contribution in [-0.2, 0) is 13.6 Å². The highest BCUT2D eigenvalue weighted by Gasteiger charge is 2.21. The largest absolute Gasteiger partial charge is 0.350 e. The van der Waals surface area contributed by atoms with E-state index in [1.807, 2.05) is 17.8 Å². The van der Waals surface area contributed by atoms with Gasteiger partial charge in [-0.3, -0.25) is 0 Å². The number of nitrogens with zero attached hydrogens (tertiary/aromatic N) is 4. The first-order valence-corrected chi connectivity index (χ1v) is 7.77. The van der Waals surface area contributed by atoms with E-state index < -0.39 is 0 Å². The zero-order valence-corrected chi connectivity index (χ0v) is 12.7. The Hall–Kier alpha value is -2.43. The first-order chi connectivity index (χ1) is 10.8. The highest BCUT2D eigenvalue weighted by atomic mass is 15.1. The van der Waals surface area contributed by atoms with Crippen molar-refractivity contribution in [2.75, 3.05) is 5.32 Å². The molecule has 0 amide bonds. The number of nitrogens with one attached hydrogen (secondary N) is 1. The molecule has 0 atom stereocenters. The summed E-state index contributed by atoms with van der Waals surface area (Å²) < 4.78 is 1.92. The Bertz CT molecular complexity index is 804. The van der Waals surface area contributed by atoms with E-state index in [0.717, 1.165) is 23.6 Å². The maximum Gasteiger partial charge on any atom is 0.225 e. The Balaban J connectivity index is 1.54. The fourth-order valence-electron chi connectivity index (χ4n) is 2.99. The minimum atomic E-state index is 0.634. The minimum Gasteiger partial charge on any atom is -0.350 e. The molecule has 0 radical (unpaired) electrons. The summed E-state index contributed by atoms with van der Waals surface area (Å²) in [7, 11) is 1.95. The molecule has 0 saturated heterocycles. The number of hydrogen-bond acceptors (Lipinski definition) is 4. The highest BCUT2D eigenvalue weighted by Crippen LogP contribution is 2.37. The number of fused-ring (bicyclic) bond motifs is 1. The van der Waals surface area contributed by atoms with Gasteiger partial charge in [0.15, 0.2) is 5.65 Å². The first kappa shape index (κ1) is 13.2. The van der Waals surface area contributed by atoms with Crippen LogP contribution in [0.15, 0.2) is 36.8 Å². The van der Waals surface area contributed by atoms with Crippen molar-refractivity contribution < 1.29 is 0 Å². The van der Waals surface area contributed by atoms with E-state index in [0.29, 0.717) is 5.95 Å². The van der Waals surface area contributed by atoms with Crippen LogP contribution in [0.2, 0.25) is 0 Å². The second-order valence-electron chi connectivity index (χ2n) is 5.94. The average molecular weight is 293 g/mol. The van der Waals surface area contributed by atoms with Crippen molar-refractivity contribution >= 4 is 17.1 Å². The monoisotopic (exact) mass is 293 g/mol. The van der Waals surface area contributed by atoms with Crippen molar-refractivity contribution in [3.63, 3.8) is 0 Å². The summed E-state index contributed by atoms with van der Waals surface area (Å²) in [5.41, 5.74) is 4.49. The molecule has 2 heterocycles. The van der Waals surface area contributed by atoms with E-state index in [2.05, 4.69) is 44.5 Å². The number of rotatable bonds is 4. The van der Waals surface area contributed by atoms with Crippen molar-refractivity contribution in [3.05, 3.63) is 47.9 Å². The molecule has 0 aliphatic heterocycles. The predicted molar refractivity (Wildman–Crippen MR) is 86.7 cm³/mol. The van der Waals surface area contributed by atoms with Crippen LogP contribution in [-0.4, -0.2) is 19.5 Å². The third-order valence-electron chi connectivity index (χ3n) is 4.52. The number of imidazole rings is 1. The van der Waals surface area contributed by atoms with Crippen LogP contribution < -0.4 is 5.32 Å². The molecule has 0 spiro atoms. The van der Waals surface area contributed by atoms with E-state index in [1.54, 1.807) is 6.33 Å². The van der Waals surface area contributed by atoms with Crippen LogP contribution in [0.25, 0.3) is 11.2 Å². The van der Waals surface area contributed by atoms with Gasteiger partial charge in [0.05, 0.1) is 12.5 Å². The number of benzene rings is 1. The zero-order valence-electron chi connectivity index (χ0n) is 12.7. The summed E-state index contributed by atoms with van der Waals surface area (Å²) in [4.78, 5) is 13.1. The smallest absolute Gasteiger partial charge is 0.225 e. The van der Waals surface area contributed by atoms with Gasteiger partial charge in [-0.2, -0.15) is 4.98 Å². The van der Waals surface area contributed by atoms with Gasteiger partial charge in [0.25, 0.3) is 0 Å². The molecule has 1 aromatic carbocycles. The Morgan fingerprint density at radius 2 is 2.09 bits per heavy atom. The molecule has 3 aromatic rings. The van der Waals surface area contributed by atoms with Crippen molar-refractivity contribution in [2.45, 2.75) is 31.7 Å². The van der Waals surface area contributed by atoms with Crippen LogP contribution in [0.1, 0.15) is 36.3 Å². The van der Waals surface area contributed by atoms with Crippen LogP contribution >= 0.6 is 0 Å². The number of aromatic nitrogens is 4. The lowest BCUT2D eigenvalue weighted by molar-refractivity contribution is 0.417. The van der Waals surface area contributed by atoms with Gasteiger partial charge in [-0.1, -0.05) is 30.7 Å². The van der Waals surface area contributed by atoms with Crippen molar-refractivity contribution in [3.8, 4) is 0 Å². The maximum atomic E-state index is 4.47. The third-order valence-corrected chi connectivity index (χ3v) is 4.52. The molecule has 5 heteroatoms. The molecule has 1 saturated carbocycles. The molecule has 112 valence electrons. The minimum absolute atomic E-state index is 0.634. The normalized spacial score (nSPS) is 15.0. The summed E-state index contributed by atoms with van der Waals surface area (Å²) in [5, 5.41) is 3.33. The SMILES string of the molecule is Cn1cnc2nc(NCc3ccccc3C3CCC3)ncc21. The Morgan fingerprint density at radius 3 is 2.91 bits per heavy atom. The van der Waals surface area contributed by atoms with Gasteiger partial charge in [0.2, 0.25) is 5.95 Å². The summed E-state index contributed by atoms with van der Waals surface area (Å²) in [6.07, 6.45) is 7.55. The molecule has 4 rings (SSSR count). The van der Waals surface area contributed by atoms with E-state index >= 15 is 0 Å². The van der Waals surface area contributed by atoms with Gasteiger partial charge in [-0.25, -0.2) is 9.97 Å². The van der Waals surface area contributed by atoms with Crippen LogP contribution in [0.3, 0.4) is 0 Å². The van der Waals surface area contributed by atoms with Crippen LogP contribution in [0.5, 0.6) is 0 Å². The fourth-order valence-corrected chi connectivity index (χ4v) is 2.99. The molecule has 5 nitrogen and oxygen atoms in total. The molecule has 1 N–H and O–H groups in total. The summed E-state index contributed by atoms with van der Waals surface area (Å²) in [6, 6.07) is 8.68. The number of anilines is 1. The van der Waals surface area contributed by atoms with Crippen molar-refractivity contribution in [1.82, 2.24) is 19.5 Å². The molecule has 22 heavy (non-hydrogen) atoms. The predicted octanol–water partition coefficient (Wildman–Crippen LogP) is 3.24. The lowest BCUT2D eigenvalue weighted by Crippen LogP contribution is -2.13. The van der Waals surface area contributed by atoms with Gasteiger partial charge in [-0.15, -0.1) is 0 Å². The summed E-state index contributed by atoms with van der Waals surface area (Å²) >= 11 is 0. The van der Waals surface area contributed by atoms with Gasteiger partial charge in [0.1, 0.15) is 5.52 Å². The third kappa shape index (κ3) is 2.32. The Kier molecular flexibility index (Phi) is 3.25. The average Bonchev–Trinajstić information content (AvgIpc) is 2.86. The second-order valence-corrected chi connectivity index (χ2v) is 5.94. The zero-order chi connectivity index (χ0) is 14.9. The van der Waals surface area contributed by atoms with Gasteiger partial charge >= 0.3 is 0 Å². The molecule has 0 bridgehead atoms. The van der Waals surface area contributed by atoms with E-state index in [9.17, 15) is 0 Å². The van der Waals surface area contributed by atoms with E-state index in [4.69, 9.17) is 0 Å². The molecular formula is C17H19N5. The first-order valence-electron chi connectivity index (χ1n) is 7.77. The lowest BCUT2D eigenvalue weighted by Gasteiger charge is -2.28. The summed E-state index contributed by atoms with van der Waals surface area (Å²) in [6.45, 7) is 0.755. The lowest BCUT2D eigenvalue weighted by atomic mass is 9.78. The quantitative estimate of drug-likeness (QED) is 0.802. The molecule has 2 aromatic heterocycles. The van der Waals surface area contributed by atoms with Gasteiger partial charge in [0, 0.05) is 13.6 Å². The Labute approximate surface area is 129 Å². The van der Waals surface area contributed by atoms with Gasteiger partial charge < -0.3 is 9.88 Å². The van der Waals surface area contributed by atoms with Crippen molar-refractivity contribution in [2.24, 2.45) is 7.05 Å². The fraction of sp³-hybridized carbons (Fsp3) is 0.353. The number of hydrogen-bond donors (Lipinski definition) is 1. The number of aryl methyl sites for hydroxylation is 1. The standard InChI is InChI=1S/C17H19N5/c1-22-11-20-16-15(22)10-19-17(21-16)18-9-13-5-2-3-8-14(13)12-6-4-7-12/h2-3,5,8,10-12H,4,6-7,9H2,1H3,(H,18,19,21). The molecule has 1 aliphatic rings. The molecule has 1 fully saturated rings. The van der Waals surface area contributed by atoms with E-state index in [1.165, 1.54) is 30.4 Å². The van der Waals surface area contributed by atoms with Crippen molar-refractivity contribution in [1.29, 1.82) is 0 Å². The topological polar surface area (TPSA) is 55.6 Å². The highest BCUT2D eigenvalue weighted by molar-refractivity contribution is 5.70. The maximum absolute atomic E-state index is 4.47. The van der Waals surface area contributed by atoms with E-state index in [-0.39, 0.29) is 0 Å². The molecule has 1 aliphatic carbocycles. The molecular weight excluding hydrogens is 274 g/mol. The molecule has 0 unspecified atom stereocenters. The second kappa shape index (κ2) is 5.40. The van der Waals surface area contributed by atoms with Crippen LogP contribution in [0, 0.1) is 0 Å². The van der Waals surface area contributed by atoms with Gasteiger partial charge in [-0.05, 0) is 29.9 Å². The summed E-state index contributed by atoms with van der Waals surface area (Å²) in [5.74, 6) is 1.37. The van der Waals surface area contributed by atoms with Crippen LogP contribution in [0.4, 0.5) is 5.95 Å². The Morgan fingerprint density at radius 1 is 1.23 bits per heavy atom.